The van der Waals surface area contributed by atoms with E-state index in [1.807, 2.05) is 14.1 Å². The number of amides is 1. The topological polar surface area (TPSA) is 32.7 Å². The first-order chi connectivity index (χ1) is 7.00. The number of aliphatic imine (C=N–C) groups is 1. The average Bonchev–Trinajstić information content (AvgIpc) is 2.18. The Bertz CT molecular complexity index is 382. The number of halogens is 1. The van der Waals surface area contributed by atoms with E-state index in [1.54, 1.807) is 36.1 Å². The van der Waals surface area contributed by atoms with Gasteiger partial charge in [0.2, 0.25) is 0 Å². The Kier molecular flexibility index (Phi) is 3.86. The summed E-state index contributed by atoms with van der Waals surface area (Å²) in [6.07, 6.45) is 0. The summed E-state index contributed by atoms with van der Waals surface area (Å²) in [5, 5.41) is 0.611. The zero-order chi connectivity index (χ0) is 11.4. The zero-order valence-electron chi connectivity index (χ0n) is 8.99. The van der Waals surface area contributed by atoms with Crippen molar-refractivity contribution in [2.45, 2.75) is 6.92 Å². The number of rotatable bonds is 1. The Morgan fingerprint density at radius 1 is 1.27 bits per heavy atom. The average molecular weight is 225 g/mol. The van der Waals surface area contributed by atoms with Crippen LogP contribution in [0.5, 0.6) is 0 Å². The maximum absolute atomic E-state index is 11.6. The van der Waals surface area contributed by atoms with Gasteiger partial charge in [0.05, 0.1) is 0 Å². The van der Waals surface area contributed by atoms with Crippen LogP contribution in [0.25, 0.3) is 0 Å². The van der Waals surface area contributed by atoms with E-state index in [9.17, 15) is 4.79 Å². The first-order valence-corrected chi connectivity index (χ1v) is 4.91. The van der Waals surface area contributed by atoms with Crippen LogP contribution in [0.4, 0.5) is 0 Å². The van der Waals surface area contributed by atoms with Crippen molar-refractivity contribution in [3.8, 4) is 0 Å². The Hall–Kier alpha value is -1.35. The van der Waals surface area contributed by atoms with E-state index < -0.39 is 0 Å². The standard InChI is InChI=1S/C11H13ClN2O/c1-8(14(2)3)13-11(15)9-4-6-10(12)7-5-9/h4-7H,1-3H3. The van der Waals surface area contributed by atoms with Crippen LogP contribution in [-0.4, -0.2) is 30.7 Å². The van der Waals surface area contributed by atoms with Gasteiger partial charge >= 0.3 is 0 Å². The molecule has 0 aliphatic heterocycles. The van der Waals surface area contributed by atoms with Crippen LogP contribution in [0.1, 0.15) is 17.3 Å². The molecule has 0 atom stereocenters. The van der Waals surface area contributed by atoms with Gasteiger partial charge in [-0.15, -0.1) is 0 Å². The Labute approximate surface area is 94.4 Å². The van der Waals surface area contributed by atoms with E-state index in [0.717, 1.165) is 0 Å². The first-order valence-electron chi connectivity index (χ1n) is 4.53. The molecule has 0 aliphatic rings. The van der Waals surface area contributed by atoms with Gasteiger partial charge < -0.3 is 4.90 Å². The van der Waals surface area contributed by atoms with Gasteiger partial charge in [0.15, 0.2) is 0 Å². The molecule has 0 heterocycles. The summed E-state index contributed by atoms with van der Waals surface area (Å²) >= 11 is 5.72. The molecular weight excluding hydrogens is 212 g/mol. The molecule has 0 N–H and O–H groups in total. The molecule has 0 unspecified atom stereocenters. The van der Waals surface area contributed by atoms with E-state index in [4.69, 9.17) is 11.6 Å². The highest BCUT2D eigenvalue weighted by Gasteiger charge is 2.04. The Morgan fingerprint density at radius 3 is 2.27 bits per heavy atom. The number of hydrogen-bond acceptors (Lipinski definition) is 1. The molecule has 0 saturated heterocycles. The monoisotopic (exact) mass is 224 g/mol. The van der Waals surface area contributed by atoms with Crippen molar-refractivity contribution in [2.75, 3.05) is 14.1 Å². The van der Waals surface area contributed by atoms with Crippen molar-refractivity contribution in [3.05, 3.63) is 34.9 Å². The lowest BCUT2D eigenvalue weighted by Crippen LogP contribution is -2.19. The SMILES string of the molecule is CC(=NC(=O)c1ccc(Cl)cc1)N(C)C. The fourth-order valence-corrected chi connectivity index (χ4v) is 1.03. The highest BCUT2D eigenvalue weighted by atomic mass is 35.5. The maximum atomic E-state index is 11.6. The largest absolute Gasteiger partial charge is 0.366 e. The molecule has 0 bridgehead atoms. The summed E-state index contributed by atoms with van der Waals surface area (Å²) in [5.41, 5.74) is 0.542. The minimum atomic E-state index is -0.252. The number of carbonyl (C=O) groups is 1. The smallest absolute Gasteiger partial charge is 0.278 e. The van der Waals surface area contributed by atoms with Crippen LogP contribution in [0, 0.1) is 0 Å². The third-order valence-corrected chi connectivity index (χ3v) is 2.25. The first kappa shape index (κ1) is 11.7. The van der Waals surface area contributed by atoms with Crippen LogP contribution in [0.3, 0.4) is 0 Å². The number of hydrogen-bond donors (Lipinski definition) is 0. The summed E-state index contributed by atoms with van der Waals surface area (Å²) in [5.74, 6) is 0.424. The van der Waals surface area contributed by atoms with Crippen LogP contribution < -0.4 is 0 Å². The molecule has 0 saturated carbocycles. The molecule has 0 fully saturated rings. The summed E-state index contributed by atoms with van der Waals surface area (Å²) in [6, 6.07) is 6.68. The van der Waals surface area contributed by atoms with Crippen LogP contribution >= 0.6 is 11.6 Å². The van der Waals surface area contributed by atoms with Crippen molar-refractivity contribution in [3.63, 3.8) is 0 Å². The van der Waals surface area contributed by atoms with Crippen molar-refractivity contribution in [1.82, 2.24) is 4.90 Å². The zero-order valence-corrected chi connectivity index (χ0v) is 9.75. The van der Waals surface area contributed by atoms with Crippen molar-refractivity contribution >= 4 is 23.3 Å². The van der Waals surface area contributed by atoms with Gasteiger partial charge in [-0.3, -0.25) is 4.79 Å². The van der Waals surface area contributed by atoms with E-state index in [1.165, 1.54) is 0 Å². The quantitative estimate of drug-likeness (QED) is 0.542. The van der Waals surface area contributed by atoms with E-state index >= 15 is 0 Å². The molecule has 0 aliphatic carbocycles. The van der Waals surface area contributed by atoms with Crippen LogP contribution in [0.15, 0.2) is 29.3 Å². The molecule has 3 nitrogen and oxygen atoms in total. The molecule has 0 radical (unpaired) electrons. The molecule has 15 heavy (non-hydrogen) atoms. The minimum Gasteiger partial charge on any atom is -0.366 e. The molecule has 1 amide bonds. The minimum absolute atomic E-state index is 0.252. The Balaban J connectivity index is 2.86. The lowest BCUT2D eigenvalue weighted by molar-refractivity contribution is 0.100. The summed E-state index contributed by atoms with van der Waals surface area (Å²) in [4.78, 5) is 17.3. The van der Waals surface area contributed by atoms with Gasteiger partial charge in [-0.05, 0) is 31.2 Å². The van der Waals surface area contributed by atoms with Crippen LogP contribution in [0.2, 0.25) is 5.02 Å². The predicted octanol–water partition coefficient (Wildman–Crippen LogP) is 2.46. The van der Waals surface area contributed by atoms with E-state index in [0.29, 0.717) is 16.4 Å². The Morgan fingerprint density at radius 2 is 1.80 bits per heavy atom. The molecule has 80 valence electrons. The van der Waals surface area contributed by atoms with Crippen molar-refractivity contribution < 1.29 is 4.79 Å². The second-order valence-corrected chi connectivity index (χ2v) is 3.80. The van der Waals surface area contributed by atoms with E-state index in [2.05, 4.69) is 4.99 Å². The van der Waals surface area contributed by atoms with Crippen LogP contribution in [-0.2, 0) is 0 Å². The maximum Gasteiger partial charge on any atom is 0.278 e. The number of amidine groups is 1. The third-order valence-electron chi connectivity index (χ3n) is 2.00. The molecule has 0 spiro atoms. The highest BCUT2D eigenvalue weighted by molar-refractivity contribution is 6.30. The second kappa shape index (κ2) is 4.94. The molecule has 1 aromatic carbocycles. The number of carbonyl (C=O) groups excluding carboxylic acids is 1. The lowest BCUT2D eigenvalue weighted by atomic mass is 10.2. The summed E-state index contributed by atoms with van der Waals surface area (Å²) < 4.78 is 0. The molecule has 1 aromatic rings. The lowest BCUT2D eigenvalue weighted by Gasteiger charge is -2.10. The molecular formula is C11H13ClN2O. The van der Waals surface area contributed by atoms with Gasteiger partial charge in [0.1, 0.15) is 5.84 Å². The molecule has 1 rings (SSSR count). The summed E-state index contributed by atoms with van der Waals surface area (Å²) in [7, 11) is 3.68. The van der Waals surface area contributed by atoms with Crippen molar-refractivity contribution in [1.29, 1.82) is 0 Å². The van der Waals surface area contributed by atoms with E-state index in [-0.39, 0.29) is 5.91 Å². The van der Waals surface area contributed by atoms with Gasteiger partial charge in [-0.1, -0.05) is 11.6 Å². The normalized spacial score (nSPS) is 11.3. The van der Waals surface area contributed by atoms with Crippen molar-refractivity contribution in [2.24, 2.45) is 4.99 Å². The number of benzene rings is 1. The van der Waals surface area contributed by atoms with Gasteiger partial charge in [0, 0.05) is 24.7 Å². The summed E-state index contributed by atoms with van der Waals surface area (Å²) in [6.45, 7) is 1.79. The highest BCUT2D eigenvalue weighted by Crippen LogP contribution is 2.10. The molecule has 4 heteroatoms. The fraction of sp³-hybridized carbons (Fsp3) is 0.273. The van der Waals surface area contributed by atoms with Gasteiger partial charge in [-0.25, -0.2) is 0 Å². The van der Waals surface area contributed by atoms with Gasteiger partial charge in [0.25, 0.3) is 5.91 Å². The second-order valence-electron chi connectivity index (χ2n) is 3.37. The predicted molar refractivity (Wildman–Crippen MR) is 62.6 cm³/mol. The molecule has 0 aromatic heterocycles. The third kappa shape index (κ3) is 3.36. The number of nitrogens with zero attached hydrogens (tertiary/aromatic N) is 2. The van der Waals surface area contributed by atoms with Gasteiger partial charge in [-0.2, -0.15) is 4.99 Å². The fourth-order valence-electron chi connectivity index (χ4n) is 0.904.